The molecule has 33 heavy (non-hydrogen) atoms. The molecule has 2 N–H and O–H groups in total. The molecule has 0 saturated heterocycles. The zero-order chi connectivity index (χ0) is 23.0. The first-order valence-electron chi connectivity index (χ1n) is 10.6. The number of imidazole rings is 1. The van der Waals surface area contributed by atoms with Crippen LogP contribution in [0.3, 0.4) is 0 Å². The fourth-order valence-corrected chi connectivity index (χ4v) is 3.32. The van der Waals surface area contributed by atoms with Crippen molar-refractivity contribution in [3.05, 3.63) is 84.2 Å². The van der Waals surface area contributed by atoms with Gasteiger partial charge < -0.3 is 19.8 Å². The van der Waals surface area contributed by atoms with Crippen LogP contribution in [0.5, 0.6) is 0 Å². The lowest BCUT2D eigenvalue weighted by atomic mass is 10.1. The van der Waals surface area contributed by atoms with E-state index in [-0.39, 0.29) is 13.2 Å². The number of fused-ring (bicyclic) bond motifs is 1. The Balaban J connectivity index is 1.46. The second kappa shape index (κ2) is 10.5. The van der Waals surface area contributed by atoms with E-state index in [4.69, 9.17) is 9.47 Å². The molecule has 0 saturated carbocycles. The Labute approximate surface area is 191 Å². The zero-order valence-corrected chi connectivity index (χ0v) is 18.2. The average molecular weight is 444 g/mol. The largest absolute Gasteiger partial charge is 0.464 e. The molecule has 2 aromatic heterocycles. The minimum atomic E-state index is -0.925. The van der Waals surface area contributed by atoms with Crippen molar-refractivity contribution < 1.29 is 19.1 Å². The number of esters is 1. The number of carbonyl (C=O) groups is 2. The Hall–Kier alpha value is -4.04. The fourth-order valence-electron chi connectivity index (χ4n) is 3.32. The van der Waals surface area contributed by atoms with Crippen LogP contribution in [0.2, 0.25) is 0 Å². The van der Waals surface area contributed by atoms with Gasteiger partial charge >= 0.3 is 5.97 Å². The lowest BCUT2D eigenvalue weighted by Gasteiger charge is -2.17. The molecule has 2 heterocycles. The van der Waals surface area contributed by atoms with E-state index in [1.807, 2.05) is 42.5 Å². The number of hydrogen-bond donors (Lipinski definition) is 2. The summed E-state index contributed by atoms with van der Waals surface area (Å²) in [5, 5.41) is 2.73. The highest BCUT2D eigenvalue weighted by Crippen LogP contribution is 2.20. The second-order valence-electron chi connectivity index (χ2n) is 7.33. The molecule has 0 spiro atoms. The first-order valence-corrected chi connectivity index (χ1v) is 10.6. The molecule has 0 aliphatic heterocycles. The van der Waals surface area contributed by atoms with Crippen molar-refractivity contribution >= 4 is 22.9 Å². The van der Waals surface area contributed by atoms with Gasteiger partial charge in [-0.3, -0.25) is 9.78 Å². The number of amides is 1. The molecule has 0 unspecified atom stereocenters. The van der Waals surface area contributed by atoms with Crippen molar-refractivity contribution in [2.75, 3.05) is 13.2 Å². The van der Waals surface area contributed by atoms with Crippen molar-refractivity contribution in [1.82, 2.24) is 20.3 Å². The molecule has 2 aromatic carbocycles. The van der Waals surface area contributed by atoms with E-state index in [0.29, 0.717) is 23.5 Å². The number of nitrogens with one attached hydrogen (secondary N) is 2. The summed E-state index contributed by atoms with van der Waals surface area (Å²) in [5.74, 6) is -0.261. The minimum absolute atomic E-state index is 0.00202. The molecular weight excluding hydrogens is 420 g/mol. The molecule has 0 radical (unpaired) electrons. The predicted octanol–water partition coefficient (Wildman–Crippen LogP) is 3.50. The lowest BCUT2D eigenvalue weighted by molar-refractivity contribution is -0.147. The van der Waals surface area contributed by atoms with E-state index in [1.165, 1.54) is 0 Å². The van der Waals surface area contributed by atoms with Crippen LogP contribution >= 0.6 is 0 Å². The summed E-state index contributed by atoms with van der Waals surface area (Å²) in [6, 6.07) is 17.5. The number of H-pyrrole nitrogens is 1. The SMILES string of the molecule is CCOC(=O)[C@H](COCc1ccccc1)NC(=O)c1ccc2nc(-c3ccncc3)[nH]c2c1. The quantitative estimate of drug-likeness (QED) is 0.383. The highest BCUT2D eigenvalue weighted by Gasteiger charge is 2.23. The standard InChI is InChI=1S/C25H24N4O4/c1-2-33-25(31)22(16-32-15-17-6-4-3-5-7-17)29-24(30)19-8-9-20-21(14-19)28-23(27-20)18-10-12-26-13-11-18/h3-14,22H,2,15-16H2,1H3,(H,27,28)(H,29,30)/t22-/m0/s1. The maximum Gasteiger partial charge on any atom is 0.331 e. The van der Waals surface area contributed by atoms with Crippen LogP contribution in [-0.2, 0) is 20.9 Å². The van der Waals surface area contributed by atoms with Gasteiger partial charge in [-0.1, -0.05) is 30.3 Å². The van der Waals surface area contributed by atoms with Crippen LogP contribution in [-0.4, -0.2) is 46.1 Å². The highest BCUT2D eigenvalue weighted by molar-refractivity contribution is 5.99. The van der Waals surface area contributed by atoms with Gasteiger partial charge in [-0.05, 0) is 42.8 Å². The minimum Gasteiger partial charge on any atom is -0.464 e. The third-order valence-electron chi connectivity index (χ3n) is 4.97. The number of aromatic nitrogens is 3. The van der Waals surface area contributed by atoms with Gasteiger partial charge in [0.25, 0.3) is 5.91 Å². The van der Waals surface area contributed by atoms with Gasteiger partial charge in [0.1, 0.15) is 5.82 Å². The summed E-state index contributed by atoms with van der Waals surface area (Å²) >= 11 is 0. The number of aromatic amines is 1. The van der Waals surface area contributed by atoms with Gasteiger partial charge in [0.15, 0.2) is 6.04 Å². The van der Waals surface area contributed by atoms with Crippen molar-refractivity contribution in [1.29, 1.82) is 0 Å². The summed E-state index contributed by atoms with van der Waals surface area (Å²) in [6.07, 6.45) is 3.38. The van der Waals surface area contributed by atoms with E-state index >= 15 is 0 Å². The maximum atomic E-state index is 12.9. The first-order chi connectivity index (χ1) is 16.1. The van der Waals surface area contributed by atoms with Crippen molar-refractivity contribution in [2.45, 2.75) is 19.6 Å². The first kappa shape index (κ1) is 22.2. The van der Waals surface area contributed by atoms with Gasteiger partial charge in [-0.15, -0.1) is 0 Å². The van der Waals surface area contributed by atoms with Crippen LogP contribution in [0.25, 0.3) is 22.4 Å². The number of ether oxygens (including phenoxy) is 2. The number of pyridine rings is 1. The average Bonchev–Trinajstić information content (AvgIpc) is 3.28. The summed E-state index contributed by atoms with van der Waals surface area (Å²) in [4.78, 5) is 37.1. The van der Waals surface area contributed by atoms with Gasteiger partial charge in [0.05, 0.1) is 30.9 Å². The van der Waals surface area contributed by atoms with E-state index in [0.717, 1.165) is 16.6 Å². The van der Waals surface area contributed by atoms with Crippen LogP contribution in [0, 0.1) is 0 Å². The summed E-state index contributed by atoms with van der Waals surface area (Å²) in [7, 11) is 0. The molecule has 0 bridgehead atoms. The highest BCUT2D eigenvalue weighted by atomic mass is 16.5. The number of rotatable bonds is 9. The Morgan fingerprint density at radius 2 is 1.85 bits per heavy atom. The molecule has 8 nitrogen and oxygen atoms in total. The van der Waals surface area contributed by atoms with Crippen LogP contribution in [0.1, 0.15) is 22.8 Å². The molecule has 0 fully saturated rings. The van der Waals surface area contributed by atoms with Gasteiger partial charge in [-0.25, -0.2) is 9.78 Å². The predicted molar refractivity (Wildman–Crippen MR) is 123 cm³/mol. The number of benzene rings is 2. The van der Waals surface area contributed by atoms with Crippen molar-refractivity contribution in [3.8, 4) is 11.4 Å². The normalized spacial score (nSPS) is 11.8. The maximum absolute atomic E-state index is 12.9. The molecule has 1 amide bonds. The Kier molecular flexibility index (Phi) is 7.06. The fraction of sp³-hybridized carbons (Fsp3) is 0.200. The van der Waals surface area contributed by atoms with Gasteiger partial charge in [0, 0.05) is 23.5 Å². The molecule has 4 aromatic rings. The third kappa shape index (κ3) is 5.61. The molecule has 8 heteroatoms. The second-order valence-corrected chi connectivity index (χ2v) is 7.33. The zero-order valence-electron chi connectivity index (χ0n) is 18.2. The van der Waals surface area contributed by atoms with Crippen LogP contribution in [0.15, 0.2) is 73.1 Å². The van der Waals surface area contributed by atoms with Crippen LogP contribution in [0.4, 0.5) is 0 Å². The van der Waals surface area contributed by atoms with E-state index in [2.05, 4.69) is 20.3 Å². The Morgan fingerprint density at radius 1 is 1.06 bits per heavy atom. The van der Waals surface area contributed by atoms with E-state index in [1.54, 1.807) is 37.5 Å². The molecule has 0 aliphatic rings. The van der Waals surface area contributed by atoms with Gasteiger partial charge in [0.2, 0.25) is 0 Å². The van der Waals surface area contributed by atoms with Gasteiger partial charge in [-0.2, -0.15) is 0 Å². The molecule has 0 aliphatic carbocycles. The topological polar surface area (TPSA) is 106 Å². The monoisotopic (exact) mass is 444 g/mol. The Morgan fingerprint density at radius 3 is 2.61 bits per heavy atom. The van der Waals surface area contributed by atoms with Crippen molar-refractivity contribution in [2.24, 2.45) is 0 Å². The third-order valence-corrected chi connectivity index (χ3v) is 4.97. The smallest absolute Gasteiger partial charge is 0.331 e. The number of nitrogens with zero attached hydrogens (tertiary/aromatic N) is 2. The summed E-state index contributed by atoms with van der Waals surface area (Å²) in [5.41, 5.74) is 3.70. The number of hydrogen-bond acceptors (Lipinski definition) is 6. The molecular formula is C25H24N4O4. The molecule has 1 atom stereocenters. The Bertz CT molecular complexity index is 1230. The summed E-state index contributed by atoms with van der Waals surface area (Å²) in [6.45, 7) is 2.25. The molecule has 168 valence electrons. The van der Waals surface area contributed by atoms with E-state index in [9.17, 15) is 9.59 Å². The van der Waals surface area contributed by atoms with Crippen molar-refractivity contribution in [3.63, 3.8) is 0 Å². The van der Waals surface area contributed by atoms with E-state index < -0.39 is 17.9 Å². The number of carbonyl (C=O) groups excluding carboxylic acids is 2. The molecule has 4 rings (SSSR count). The lowest BCUT2D eigenvalue weighted by Crippen LogP contribution is -2.45. The van der Waals surface area contributed by atoms with Crippen LogP contribution < -0.4 is 5.32 Å². The summed E-state index contributed by atoms with van der Waals surface area (Å²) < 4.78 is 10.8.